The molecule has 0 aromatic carbocycles. The summed E-state index contributed by atoms with van der Waals surface area (Å²) in [5, 5.41) is 10.1. The van der Waals surface area contributed by atoms with Crippen molar-refractivity contribution in [1.29, 1.82) is 0 Å². The summed E-state index contributed by atoms with van der Waals surface area (Å²) in [5.41, 5.74) is 1.25. The van der Waals surface area contributed by atoms with Gasteiger partial charge in [0.1, 0.15) is 5.52 Å². The van der Waals surface area contributed by atoms with Crippen molar-refractivity contribution in [2.45, 2.75) is 37.8 Å². The van der Waals surface area contributed by atoms with Gasteiger partial charge >= 0.3 is 5.69 Å². The molecule has 0 aliphatic heterocycles. The number of hydrogen-bond donors (Lipinski definition) is 1. The zero-order valence-electron chi connectivity index (χ0n) is 11.7. The van der Waals surface area contributed by atoms with Gasteiger partial charge in [0.25, 0.3) is 0 Å². The molecule has 2 saturated carbocycles. The van der Waals surface area contributed by atoms with Crippen LogP contribution in [0.1, 0.15) is 31.7 Å². The van der Waals surface area contributed by atoms with Crippen molar-refractivity contribution in [3.63, 3.8) is 0 Å². The number of aliphatic hydroxyl groups excluding tert-OH is 1. The minimum Gasteiger partial charge on any atom is -0.393 e. The van der Waals surface area contributed by atoms with Crippen molar-refractivity contribution in [3.05, 3.63) is 22.0 Å². The van der Waals surface area contributed by atoms with Gasteiger partial charge in [-0.1, -0.05) is 0 Å². The topological polar surface area (TPSA) is 72.9 Å². The van der Waals surface area contributed by atoms with Crippen LogP contribution in [0.15, 0.2) is 11.0 Å². The van der Waals surface area contributed by atoms with Crippen molar-refractivity contribution < 1.29 is 5.11 Å². The quantitative estimate of drug-likeness (QED) is 0.810. The molecule has 7 heteroatoms. The first-order chi connectivity index (χ1) is 10.1. The molecule has 4 rings (SSSR count). The number of aryl methyl sites for hydroxylation is 1. The maximum absolute atomic E-state index is 12.7. The fourth-order valence-electron chi connectivity index (χ4n) is 4.27. The van der Waals surface area contributed by atoms with Gasteiger partial charge in [-0.25, -0.2) is 9.78 Å². The third-order valence-corrected chi connectivity index (χ3v) is 5.31. The number of aliphatic hydroxyl groups is 1. The van der Waals surface area contributed by atoms with E-state index in [-0.39, 0.29) is 23.1 Å². The van der Waals surface area contributed by atoms with E-state index in [0.29, 0.717) is 23.0 Å². The first kappa shape index (κ1) is 13.3. The van der Waals surface area contributed by atoms with Crippen LogP contribution < -0.4 is 5.69 Å². The Balaban J connectivity index is 1.93. The minimum absolute atomic E-state index is 0.0696. The van der Waals surface area contributed by atoms with E-state index in [0.717, 1.165) is 25.7 Å². The second-order valence-electron chi connectivity index (χ2n) is 6.27. The third-order valence-electron chi connectivity index (χ3n) is 5.13. The molecule has 0 radical (unpaired) electrons. The Kier molecular flexibility index (Phi) is 2.87. The summed E-state index contributed by atoms with van der Waals surface area (Å²) in [7, 11) is 1.73. The number of hydrogen-bond acceptors (Lipinski definition) is 4. The van der Waals surface area contributed by atoms with E-state index in [9.17, 15) is 9.90 Å². The first-order valence-corrected chi connectivity index (χ1v) is 7.71. The Bertz CT molecular complexity index is 754. The molecule has 2 fully saturated rings. The van der Waals surface area contributed by atoms with Gasteiger partial charge in [-0.2, -0.15) is 4.98 Å². The molecule has 2 unspecified atom stereocenters. The largest absolute Gasteiger partial charge is 0.393 e. The number of aromatic nitrogens is 4. The van der Waals surface area contributed by atoms with Crippen molar-refractivity contribution in [2.24, 2.45) is 18.9 Å². The molecule has 1 N–H and O–H groups in total. The van der Waals surface area contributed by atoms with Gasteiger partial charge in [0.15, 0.2) is 5.65 Å². The highest BCUT2D eigenvalue weighted by molar-refractivity contribution is 6.28. The fourth-order valence-corrected chi connectivity index (χ4v) is 4.40. The monoisotopic (exact) mass is 308 g/mol. The molecule has 2 aliphatic rings. The standard InChI is InChI=1S/C14H17ClN4O2/c1-18-10-6-16-13(15)17-12(10)19(14(18)21)11-7-2-3-8(11)5-9(20)4-7/h6-9,11,20H,2-5H2,1H3. The molecule has 0 spiro atoms. The van der Waals surface area contributed by atoms with Gasteiger partial charge in [0, 0.05) is 13.1 Å². The lowest BCUT2D eigenvalue weighted by Crippen LogP contribution is -2.36. The summed E-state index contributed by atoms with van der Waals surface area (Å²) in [5.74, 6) is 0.687. The molecule has 6 nitrogen and oxygen atoms in total. The summed E-state index contributed by atoms with van der Waals surface area (Å²) in [6.07, 6.45) is 5.03. The Morgan fingerprint density at radius 2 is 2.00 bits per heavy atom. The normalized spacial score (nSPS) is 32.0. The highest BCUT2D eigenvalue weighted by Crippen LogP contribution is 2.49. The van der Waals surface area contributed by atoms with E-state index in [1.165, 1.54) is 0 Å². The molecule has 2 bridgehead atoms. The second kappa shape index (κ2) is 4.55. The summed E-state index contributed by atoms with van der Waals surface area (Å²) in [6.45, 7) is 0. The molecule has 2 aromatic heterocycles. The SMILES string of the molecule is Cn1c(=O)n(C2C3CCC2CC(O)C3)c2nc(Cl)ncc21. The maximum atomic E-state index is 12.7. The van der Waals surface area contributed by atoms with Gasteiger partial charge in [0.2, 0.25) is 5.28 Å². The van der Waals surface area contributed by atoms with Crippen molar-refractivity contribution in [2.75, 3.05) is 0 Å². The molecule has 2 atom stereocenters. The van der Waals surface area contributed by atoms with E-state index in [2.05, 4.69) is 9.97 Å². The zero-order valence-corrected chi connectivity index (χ0v) is 12.5. The lowest BCUT2D eigenvalue weighted by Gasteiger charge is -2.33. The average Bonchev–Trinajstić information content (AvgIpc) is 2.83. The van der Waals surface area contributed by atoms with Gasteiger partial charge in [-0.3, -0.25) is 9.13 Å². The number of halogens is 1. The highest BCUT2D eigenvalue weighted by atomic mass is 35.5. The molecule has 0 amide bonds. The van der Waals surface area contributed by atoms with E-state index in [1.54, 1.807) is 22.4 Å². The molecule has 0 saturated heterocycles. The fraction of sp³-hybridized carbons (Fsp3) is 0.643. The predicted molar refractivity (Wildman–Crippen MR) is 78.3 cm³/mol. The molecule has 2 aromatic rings. The van der Waals surface area contributed by atoms with E-state index in [4.69, 9.17) is 11.6 Å². The van der Waals surface area contributed by atoms with E-state index < -0.39 is 0 Å². The van der Waals surface area contributed by atoms with Crippen LogP contribution in [-0.2, 0) is 7.05 Å². The smallest absolute Gasteiger partial charge is 0.330 e. The molecule has 112 valence electrons. The number of rotatable bonds is 1. The number of fused-ring (bicyclic) bond motifs is 3. The van der Waals surface area contributed by atoms with E-state index >= 15 is 0 Å². The summed E-state index contributed by atoms with van der Waals surface area (Å²) >= 11 is 5.92. The Hall–Kier alpha value is -1.40. The molecule has 2 heterocycles. The van der Waals surface area contributed by atoms with Gasteiger partial charge in [0.05, 0.1) is 12.3 Å². The van der Waals surface area contributed by atoms with Crippen molar-refractivity contribution in [1.82, 2.24) is 19.1 Å². The Morgan fingerprint density at radius 1 is 1.33 bits per heavy atom. The minimum atomic E-state index is -0.234. The number of nitrogens with zero attached hydrogens (tertiary/aromatic N) is 4. The molecule has 21 heavy (non-hydrogen) atoms. The van der Waals surface area contributed by atoms with Crippen molar-refractivity contribution in [3.8, 4) is 0 Å². The molecular formula is C14H17ClN4O2. The Labute approximate surface area is 126 Å². The lowest BCUT2D eigenvalue weighted by molar-refractivity contribution is 0.0650. The second-order valence-corrected chi connectivity index (χ2v) is 6.61. The van der Waals surface area contributed by atoms with Crippen LogP contribution in [-0.4, -0.2) is 30.3 Å². The van der Waals surface area contributed by atoms with Crippen LogP contribution in [0.5, 0.6) is 0 Å². The summed E-state index contributed by atoms with van der Waals surface area (Å²) in [4.78, 5) is 20.9. The summed E-state index contributed by atoms with van der Waals surface area (Å²) in [6, 6.07) is 0.121. The average molecular weight is 309 g/mol. The van der Waals surface area contributed by atoms with E-state index in [1.807, 2.05) is 0 Å². The van der Waals surface area contributed by atoms with Crippen molar-refractivity contribution >= 4 is 22.8 Å². The number of imidazole rings is 1. The van der Waals surface area contributed by atoms with Crippen LogP contribution in [0.2, 0.25) is 5.28 Å². The Morgan fingerprint density at radius 3 is 2.67 bits per heavy atom. The molecule has 2 aliphatic carbocycles. The predicted octanol–water partition coefficient (Wildman–Crippen LogP) is 1.51. The highest BCUT2D eigenvalue weighted by Gasteiger charge is 2.44. The zero-order chi connectivity index (χ0) is 14.7. The summed E-state index contributed by atoms with van der Waals surface area (Å²) < 4.78 is 3.37. The van der Waals surface area contributed by atoms with Gasteiger partial charge in [-0.05, 0) is 49.1 Å². The van der Waals surface area contributed by atoms with Crippen LogP contribution in [0.25, 0.3) is 11.2 Å². The van der Waals surface area contributed by atoms with Crippen LogP contribution >= 0.6 is 11.6 Å². The lowest BCUT2D eigenvalue weighted by atomic mass is 9.82. The van der Waals surface area contributed by atoms with Crippen LogP contribution in [0, 0.1) is 11.8 Å². The van der Waals surface area contributed by atoms with Gasteiger partial charge in [-0.15, -0.1) is 0 Å². The van der Waals surface area contributed by atoms with Gasteiger partial charge < -0.3 is 5.11 Å². The van der Waals surface area contributed by atoms with Crippen LogP contribution in [0.3, 0.4) is 0 Å². The van der Waals surface area contributed by atoms with Crippen LogP contribution in [0.4, 0.5) is 0 Å². The molecular weight excluding hydrogens is 292 g/mol. The third kappa shape index (κ3) is 1.85. The first-order valence-electron chi connectivity index (χ1n) is 7.33. The maximum Gasteiger partial charge on any atom is 0.330 e.